The summed E-state index contributed by atoms with van der Waals surface area (Å²) in [6, 6.07) is 1.66. The highest BCUT2D eigenvalue weighted by Gasteiger charge is 2.33. The molecule has 1 saturated heterocycles. The smallest absolute Gasteiger partial charge is 0.341 e. The van der Waals surface area contributed by atoms with Crippen molar-refractivity contribution in [3.05, 3.63) is 17.0 Å². The van der Waals surface area contributed by atoms with Gasteiger partial charge in [0.05, 0.1) is 12.2 Å². The highest BCUT2D eigenvalue weighted by atomic mass is 32.1. The Balaban J connectivity index is 2.21. The average molecular weight is 269 g/mol. The molecule has 1 amide bonds. The highest BCUT2D eigenvalue weighted by molar-refractivity contribution is 7.14. The lowest BCUT2D eigenvalue weighted by Gasteiger charge is -2.15. The quantitative estimate of drug-likeness (QED) is 0.836. The van der Waals surface area contributed by atoms with Gasteiger partial charge in [-0.2, -0.15) is 0 Å². The minimum absolute atomic E-state index is 0.0116. The van der Waals surface area contributed by atoms with Crippen molar-refractivity contribution in [3.63, 3.8) is 0 Å². The third-order valence-corrected chi connectivity index (χ3v) is 3.78. The first-order valence-corrected chi connectivity index (χ1v) is 6.71. The molecule has 1 aliphatic heterocycles. The van der Waals surface area contributed by atoms with Crippen LogP contribution in [0.1, 0.15) is 23.7 Å². The van der Waals surface area contributed by atoms with Crippen LogP contribution < -0.4 is 4.90 Å². The molecule has 1 aromatic heterocycles. The van der Waals surface area contributed by atoms with Crippen LogP contribution in [0.15, 0.2) is 11.4 Å². The molecule has 0 spiro atoms. The summed E-state index contributed by atoms with van der Waals surface area (Å²) in [6.07, 6.45) is 0.330. The van der Waals surface area contributed by atoms with Crippen LogP contribution in [0.4, 0.5) is 5.00 Å². The predicted molar refractivity (Wildman–Crippen MR) is 67.8 cm³/mol. The minimum atomic E-state index is -0.408. The van der Waals surface area contributed by atoms with Crippen LogP contribution in [0.5, 0.6) is 0 Å². The summed E-state index contributed by atoms with van der Waals surface area (Å²) in [6.45, 7) is 2.50. The molecule has 1 atom stereocenters. The van der Waals surface area contributed by atoms with Crippen molar-refractivity contribution < 1.29 is 19.4 Å². The molecule has 1 unspecified atom stereocenters. The van der Waals surface area contributed by atoms with Gasteiger partial charge in [0.1, 0.15) is 5.00 Å². The number of anilines is 1. The topological polar surface area (TPSA) is 66.8 Å². The van der Waals surface area contributed by atoms with Gasteiger partial charge in [-0.15, -0.1) is 11.3 Å². The number of amides is 1. The van der Waals surface area contributed by atoms with Crippen LogP contribution in [-0.4, -0.2) is 36.7 Å². The monoisotopic (exact) mass is 269 g/mol. The summed E-state index contributed by atoms with van der Waals surface area (Å²) in [5.41, 5.74) is 0.425. The number of carbonyl (C=O) groups excluding carboxylic acids is 2. The number of hydrogen-bond acceptors (Lipinski definition) is 5. The predicted octanol–water partition coefficient (Wildman–Crippen LogP) is 1.27. The Morgan fingerprint density at radius 2 is 2.44 bits per heavy atom. The number of aliphatic hydroxyl groups excluding tert-OH is 1. The van der Waals surface area contributed by atoms with Crippen molar-refractivity contribution in [3.8, 4) is 0 Å². The maximum absolute atomic E-state index is 11.8. The number of esters is 1. The normalized spacial score (nSPS) is 19.3. The highest BCUT2D eigenvalue weighted by Crippen LogP contribution is 2.33. The van der Waals surface area contributed by atoms with E-state index in [9.17, 15) is 9.59 Å². The van der Waals surface area contributed by atoms with Crippen molar-refractivity contribution >= 4 is 28.2 Å². The van der Waals surface area contributed by atoms with Gasteiger partial charge in [0.2, 0.25) is 5.91 Å². The summed E-state index contributed by atoms with van der Waals surface area (Å²) in [5.74, 6) is -0.509. The van der Waals surface area contributed by atoms with E-state index in [-0.39, 0.29) is 18.4 Å². The summed E-state index contributed by atoms with van der Waals surface area (Å²) >= 11 is 1.34. The first-order chi connectivity index (χ1) is 8.67. The van der Waals surface area contributed by atoms with E-state index >= 15 is 0 Å². The molecule has 98 valence electrons. The Morgan fingerprint density at radius 1 is 1.67 bits per heavy atom. The van der Waals surface area contributed by atoms with E-state index in [0.29, 0.717) is 30.1 Å². The van der Waals surface area contributed by atoms with Gasteiger partial charge in [0.15, 0.2) is 0 Å². The van der Waals surface area contributed by atoms with Crippen LogP contribution in [-0.2, 0) is 9.53 Å². The van der Waals surface area contributed by atoms with E-state index in [1.54, 1.807) is 23.3 Å². The molecule has 6 heteroatoms. The Hall–Kier alpha value is -1.40. The van der Waals surface area contributed by atoms with Gasteiger partial charge >= 0.3 is 5.97 Å². The molecule has 0 aliphatic carbocycles. The fourth-order valence-corrected chi connectivity index (χ4v) is 2.89. The zero-order valence-electron chi connectivity index (χ0n) is 10.1. The molecule has 5 nitrogen and oxygen atoms in total. The largest absolute Gasteiger partial charge is 0.462 e. The van der Waals surface area contributed by atoms with Gasteiger partial charge < -0.3 is 14.7 Å². The standard InChI is InChI=1S/C12H15NO4S/c1-2-17-12(16)9-3-4-18-11(9)13-6-8(7-14)5-10(13)15/h3-4,8,14H,2,5-7H2,1H3. The Labute approximate surface area is 109 Å². The second-order valence-corrected chi connectivity index (χ2v) is 5.01. The number of rotatable bonds is 4. The second-order valence-electron chi connectivity index (χ2n) is 4.12. The fraction of sp³-hybridized carbons (Fsp3) is 0.500. The molecule has 0 bridgehead atoms. The van der Waals surface area contributed by atoms with Crippen molar-refractivity contribution in [1.82, 2.24) is 0 Å². The van der Waals surface area contributed by atoms with Crippen molar-refractivity contribution in [1.29, 1.82) is 0 Å². The van der Waals surface area contributed by atoms with Gasteiger partial charge in [0, 0.05) is 25.5 Å². The zero-order chi connectivity index (χ0) is 13.1. The maximum atomic E-state index is 11.8. The molecular weight excluding hydrogens is 254 g/mol. The van der Waals surface area contributed by atoms with E-state index in [1.165, 1.54) is 11.3 Å². The average Bonchev–Trinajstić information content (AvgIpc) is 2.94. The lowest BCUT2D eigenvalue weighted by Crippen LogP contribution is -2.25. The van der Waals surface area contributed by atoms with Crippen LogP contribution in [0, 0.1) is 5.92 Å². The van der Waals surface area contributed by atoms with Crippen molar-refractivity contribution in [2.75, 3.05) is 24.7 Å². The van der Waals surface area contributed by atoms with Gasteiger partial charge in [-0.05, 0) is 18.4 Å². The molecule has 0 radical (unpaired) electrons. The fourth-order valence-electron chi connectivity index (χ4n) is 1.97. The third kappa shape index (κ3) is 2.39. The Morgan fingerprint density at radius 3 is 3.06 bits per heavy atom. The van der Waals surface area contributed by atoms with E-state index in [0.717, 1.165) is 0 Å². The number of nitrogens with zero attached hydrogens (tertiary/aromatic N) is 1. The number of thiophene rings is 1. The maximum Gasteiger partial charge on any atom is 0.341 e. The van der Waals surface area contributed by atoms with Crippen molar-refractivity contribution in [2.45, 2.75) is 13.3 Å². The number of ether oxygens (including phenoxy) is 1. The molecule has 0 saturated carbocycles. The minimum Gasteiger partial charge on any atom is -0.462 e. The number of hydrogen-bond donors (Lipinski definition) is 1. The van der Waals surface area contributed by atoms with Crippen LogP contribution >= 0.6 is 11.3 Å². The summed E-state index contributed by atoms with van der Waals surface area (Å²) < 4.78 is 4.96. The molecule has 1 aromatic rings. The third-order valence-electron chi connectivity index (χ3n) is 2.85. The number of carbonyl (C=O) groups is 2. The zero-order valence-corrected chi connectivity index (χ0v) is 10.9. The van der Waals surface area contributed by atoms with E-state index in [4.69, 9.17) is 9.84 Å². The van der Waals surface area contributed by atoms with Crippen molar-refractivity contribution in [2.24, 2.45) is 5.92 Å². The molecular formula is C12H15NO4S. The Bertz CT molecular complexity index is 457. The molecule has 2 heterocycles. The van der Waals surface area contributed by atoms with E-state index in [2.05, 4.69) is 0 Å². The van der Waals surface area contributed by atoms with Crippen LogP contribution in [0.25, 0.3) is 0 Å². The summed E-state index contributed by atoms with van der Waals surface area (Å²) in [7, 11) is 0. The lowest BCUT2D eigenvalue weighted by atomic mass is 10.1. The van der Waals surface area contributed by atoms with Crippen LogP contribution in [0.3, 0.4) is 0 Å². The summed E-state index contributed by atoms with van der Waals surface area (Å²) in [4.78, 5) is 25.1. The van der Waals surface area contributed by atoms with Gasteiger partial charge in [-0.1, -0.05) is 0 Å². The molecule has 0 aromatic carbocycles. The van der Waals surface area contributed by atoms with E-state index in [1.807, 2.05) is 0 Å². The lowest BCUT2D eigenvalue weighted by molar-refractivity contribution is -0.117. The SMILES string of the molecule is CCOC(=O)c1ccsc1N1CC(CO)CC1=O. The molecule has 1 fully saturated rings. The Kier molecular flexibility index (Phi) is 3.98. The van der Waals surface area contributed by atoms with Crippen LogP contribution in [0.2, 0.25) is 0 Å². The first kappa shape index (κ1) is 13.0. The molecule has 2 rings (SSSR count). The second kappa shape index (κ2) is 5.49. The van der Waals surface area contributed by atoms with E-state index < -0.39 is 5.97 Å². The van der Waals surface area contributed by atoms with Gasteiger partial charge in [-0.3, -0.25) is 4.79 Å². The number of aliphatic hydroxyl groups is 1. The summed E-state index contributed by atoms with van der Waals surface area (Å²) in [5, 5.41) is 11.5. The molecule has 1 aliphatic rings. The van der Waals surface area contributed by atoms with Gasteiger partial charge in [0.25, 0.3) is 0 Å². The first-order valence-electron chi connectivity index (χ1n) is 5.83. The van der Waals surface area contributed by atoms with Gasteiger partial charge in [-0.25, -0.2) is 4.79 Å². The molecule has 1 N–H and O–H groups in total. The molecule has 18 heavy (non-hydrogen) atoms.